The Bertz CT molecular complexity index is 436. The zero-order chi connectivity index (χ0) is 14.8. The minimum absolute atomic E-state index is 0.0801. The number of aryl methyl sites for hydroxylation is 1. The van der Waals surface area contributed by atoms with E-state index in [4.69, 9.17) is 5.84 Å². The fourth-order valence-corrected chi connectivity index (χ4v) is 3.55. The topological polar surface area (TPSA) is 54.2 Å². The summed E-state index contributed by atoms with van der Waals surface area (Å²) in [4.78, 5) is 6.69. The highest BCUT2D eigenvalue weighted by atomic mass is 15.3. The molecule has 1 aromatic rings. The summed E-state index contributed by atoms with van der Waals surface area (Å²) in [7, 11) is 4.34. The van der Waals surface area contributed by atoms with E-state index in [-0.39, 0.29) is 11.6 Å². The predicted octanol–water partition coefficient (Wildman–Crippen LogP) is 2.40. The predicted molar refractivity (Wildman–Crippen MR) is 83.1 cm³/mol. The molecule has 0 amide bonds. The maximum Gasteiger partial charge on any atom is 0.0658 e. The molecule has 1 heterocycles. The van der Waals surface area contributed by atoms with Crippen molar-refractivity contribution in [1.82, 2.24) is 15.3 Å². The van der Waals surface area contributed by atoms with E-state index in [0.717, 1.165) is 5.92 Å². The molecule has 4 nitrogen and oxygen atoms in total. The standard InChI is InChI=1S/C16H28N4/c1-12-5-7-16(8-6-12,20(3)4)15(19-17)14-9-13(2)10-18-11-14/h9-12,15,19H,5-8,17H2,1-4H3. The average Bonchev–Trinajstić information content (AvgIpc) is 2.42. The van der Waals surface area contributed by atoms with Gasteiger partial charge in [0.25, 0.3) is 0 Å². The summed E-state index contributed by atoms with van der Waals surface area (Å²) in [5, 5.41) is 0. The van der Waals surface area contributed by atoms with Crippen LogP contribution in [0.15, 0.2) is 18.5 Å². The van der Waals surface area contributed by atoms with Crippen LogP contribution in [-0.2, 0) is 0 Å². The third kappa shape index (κ3) is 2.87. The SMILES string of the molecule is Cc1cncc(C(NN)C2(N(C)C)CCC(C)CC2)c1. The van der Waals surface area contributed by atoms with Crippen LogP contribution >= 0.6 is 0 Å². The summed E-state index contributed by atoms with van der Waals surface area (Å²) >= 11 is 0. The van der Waals surface area contributed by atoms with Crippen molar-refractivity contribution in [3.05, 3.63) is 29.6 Å². The Morgan fingerprint density at radius 3 is 2.50 bits per heavy atom. The first kappa shape index (κ1) is 15.4. The molecular weight excluding hydrogens is 248 g/mol. The van der Waals surface area contributed by atoms with Gasteiger partial charge in [-0.25, -0.2) is 0 Å². The van der Waals surface area contributed by atoms with Gasteiger partial charge in [-0.2, -0.15) is 0 Å². The molecule has 2 rings (SSSR count). The van der Waals surface area contributed by atoms with E-state index in [1.165, 1.54) is 36.8 Å². The van der Waals surface area contributed by atoms with E-state index >= 15 is 0 Å². The first-order valence-electron chi connectivity index (χ1n) is 7.54. The van der Waals surface area contributed by atoms with Crippen LogP contribution < -0.4 is 11.3 Å². The molecule has 0 saturated heterocycles. The molecule has 4 heteroatoms. The number of hydrogen-bond donors (Lipinski definition) is 2. The van der Waals surface area contributed by atoms with Gasteiger partial charge in [-0.05, 0) is 63.7 Å². The number of hydrazine groups is 1. The van der Waals surface area contributed by atoms with Crippen molar-refractivity contribution >= 4 is 0 Å². The smallest absolute Gasteiger partial charge is 0.0658 e. The van der Waals surface area contributed by atoms with Crippen molar-refractivity contribution in [3.63, 3.8) is 0 Å². The first-order chi connectivity index (χ1) is 9.49. The van der Waals surface area contributed by atoms with Gasteiger partial charge in [-0.3, -0.25) is 16.3 Å². The van der Waals surface area contributed by atoms with Gasteiger partial charge in [-0.15, -0.1) is 0 Å². The molecule has 1 fully saturated rings. The van der Waals surface area contributed by atoms with Crippen molar-refractivity contribution in [1.29, 1.82) is 0 Å². The molecule has 3 N–H and O–H groups in total. The zero-order valence-corrected chi connectivity index (χ0v) is 13.2. The monoisotopic (exact) mass is 276 g/mol. The summed E-state index contributed by atoms with van der Waals surface area (Å²) in [6.45, 7) is 4.42. The third-order valence-electron chi connectivity index (χ3n) is 4.96. The van der Waals surface area contributed by atoms with Crippen molar-refractivity contribution in [2.75, 3.05) is 14.1 Å². The Kier molecular flexibility index (Phi) is 4.78. The fourth-order valence-electron chi connectivity index (χ4n) is 3.55. The second-order valence-corrected chi connectivity index (χ2v) is 6.58. The fraction of sp³-hybridized carbons (Fsp3) is 0.688. The summed E-state index contributed by atoms with van der Waals surface area (Å²) in [6.07, 6.45) is 8.70. The van der Waals surface area contributed by atoms with E-state index in [1.54, 1.807) is 0 Å². The van der Waals surface area contributed by atoms with Crippen LogP contribution in [0.3, 0.4) is 0 Å². The number of nitrogens with two attached hydrogens (primary N) is 1. The van der Waals surface area contributed by atoms with Gasteiger partial charge in [0, 0.05) is 17.9 Å². The second-order valence-electron chi connectivity index (χ2n) is 6.58. The minimum atomic E-state index is 0.0801. The molecule has 1 aromatic heterocycles. The third-order valence-corrected chi connectivity index (χ3v) is 4.96. The van der Waals surface area contributed by atoms with Crippen LogP contribution in [0.25, 0.3) is 0 Å². The van der Waals surface area contributed by atoms with E-state index in [0.29, 0.717) is 0 Å². The summed E-state index contributed by atoms with van der Waals surface area (Å²) in [5.41, 5.74) is 5.52. The lowest BCUT2D eigenvalue weighted by Crippen LogP contribution is -2.56. The van der Waals surface area contributed by atoms with Crippen LogP contribution in [0, 0.1) is 12.8 Å². The van der Waals surface area contributed by atoms with Crippen LogP contribution in [0.4, 0.5) is 0 Å². The quantitative estimate of drug-likeness (QED) is 0.655. The minimum Gasteiger partial charge on any atom is -0.302 e. The first-order valence-corrected chi connectivity index (χ1v) is 7.54. The molecule has 0 bridgehead atoms. The number of nitrogens with zero attached hydrogens (tertiary/aromatic N) is 2. The maximum atomic E-state index is 5.94. The number of nitrogens with one attached hydrogen (secondary N) is 1. The number of likely N-dealkylation sites (N-methyl/N-ethyl adjacent to an activating group) is 1. The van der Waals surface area contributed by atoms with Crippen molar-refractivity contribution < 1.29 is 0 Å². The number of rotatable bonds is 4. The van der Waals surface area contributed by atoms with E-state index in [2.05, 4.69) is 49.3 Å². The molecule has 0 spiro atoms. The van der Waals surface area contributed by atoms with Gasteiger partial charge >= 0.3 is 0 Å². The summed E-state index contributed by atoms with van der Waals surface area (Å²) in [6, 6.07) is 2.32. The van der Waals surface area contributed by atoms with E-state index < -0.39 is 0 Å². The molecule has 0 aliphatic heterocycles. The molecule has 0 aromatic carbocycles. The van der Waals surface area contributed by atoms with E-state index in [9.17, 15) is 0 Å². The Morgan fingerprint density at radius 2 is 2.00 bits per heavy atom. The van der Waals surface area contributed by atoms with Crippen LogP contribution in [0.1, 0.15) is 49.8 Å². The Morgan fingerprint density at radius 1 is 1.35 bits per heavy atom. The summed E-state index contributed by atoms with van der Waals surface area (Å²) < 4.78 is 0. The highest BCUT2D eigenvalue weighted by Gasteiger charge is 2.43. The number of pyridine rings is 1. The molecule has 1 aliphatic rings. The zero-order valence-electron chi connectivity index (χ0n) is 13.2. The largest absolute Gasteiger partial charge is 0.302 e. The molecule has 112 valence electrons. The Labute approximate surface area is 122 Å². The second kappa shape index (κ2) is 6.20. The van der Waals surface area contributed by atoms with Gasteiger partial charge in [0.15, 0.2) is 0 Å². The average molecular weight is 276 g/mol. The Balaban J connectivity index is 2.35. The van der Waals surface area contributed by atoms with Gasteiger partial charge in [0.1, 0.15) is 0 Å². The normalized spacial score (nSPS) is 28.6. The maximum absolute atomic E-state index is 5.94. The molecule has 1 unspecified atom stereocenters. The van der Waals surface area contributed by atoms with Crippen LogP contribution in [0.2, 0.25) is 0 Å². The van der Waals surface area contributed by atoms with E-state index in [1.807, 2.05) is 12.4 Å². The van der Waals surface area contributed by atoms with Crippen molar-refractivity contribution in [3.8, 4) is 0 Å². The van der Waals surface area contributed by atoms with Crippen molar-refractivity contribution in [2.24, 2.45) is 11.8 Å². The molecular formula is C16H28N4. The van der Waals surface area contributed by atoms with Crippen molar-refractivity contribution in [2.45, 2.75) is 51.1 Å². The molecule has 0 radical (unpaired) electrons. The van der Waals surface area contributed by atoms with Gasteiger partial charge in [0.2, 0.25) is 0 Å². The lowest BCUT2D eigenvalue weighted by atomic mass is 9.70. The highest BCUT2D eigenvalue weighted by molar-refractivity contribution is 5.24. The highest BCUT2D eigenvalue weighted by Crippen LogP contribution is 2.43. The van der Waals surface area contributed by atoms with Crippen LogP contribution in [-0.4, -0.2) is 29.5 Å². The number of hydrogen-bond acceptors (Lipinski definition) is 4. The lowest BCUT2D eigenvalue weighted by molar-refractivity contribution is 0.0427. The Hall–Kier alpha value is -0.970. The molecule has 20 heavy (non-hydrogen) atoms. The summed E-state index contributed by atoms with van der Waals surface area (Å²) in [5.74, 6) is 6.76. The molecule has 1 saturated carbocycles. The van der Waals surface area contributed by atoms with Crippen LogP contribution in [0.5, 0.6) is 0 Å². The lowest BCUT2D eigenvalue weighted by Gasteiger charge is -2.49. The van der Waals surface area contributed by atoms with Gasteiger partial charge in [0.05, 0.1) is 6.04 Å². The molecule has 1 aliphatic carbocycles. The van der Waals surface area contributed by atoms with Gasteiger partial charge < -0.3 is 4.90 Å². The molecule has 1 atom stereocenters. The van der Waals surface area contributed by atoms with Gasteiger partial charge in [-0.1, -0.05) is 13.0 Å². The number of aromatic nitrogens is 1.